The van der Waals surface area contributed by atoms with Crippen LogP contribution >= 0.6 is 15.9 Å². The third kappa shape index (κ3) is 2.69. The maximum atomic E-state index is 9.32. The second-order valence-electron chi connectivity index (χ2n) is 4.48. The number of anilines is 1. The van der Waals surface area contributed by atoms with Crippen LogP contribution in [0.2, 0.25) is 0 Å². The predicted molar refractivity (Wildman–Crippen MR) is 81.1 cm³/mol. The number of hydrogen-bond acceptors (Lipinski definition) is 4. The molecule has 20 heavy (non-hydrogen) atoms. The molecule has 1 atom stereocenters. The molecule has 5 nitrogen and oxygen atoms in total. The van der Waals surface area contributed by atoms with E-state index in [1.165, 1.54) is 0 Å². The van der Waals surface area contributed by atoms with E-state index in [0.717, 1.165) is 10.0 Å². The molecule has 2 aromatic rings. The van der Waals surface area contributed by atoms with Gasteiger partial charge >= 0.3 is 0 Å². The third-order valence-corrected chi connectivity index (χ3v) is 3.53. The molecule has 0 aliphatic heterocycles. The number of hydrogen-bond donors (Lipinski definition) is 1. The average molecular weight is 335 g/mol. The molecule has 1 aromatic carbocycles. The molecule has 2 rings (SSSR count). The number of ether oxygens (including phenoxy) is 1. The van der Waals surface area contributed by atoms with Gasteiger partial charge in [-0.3, -0.25) is 0 Å². The minimum absolute atomic E-state index is 0.0312. The van der Waals surface area contributed by atoms with E-state index in [9.17, 15) is 5.26 Å². The molecule has 1 unspecified atom stereocenters. The highest BCUT2D eigenvalue weighted by Gasteiger charge is 2.19. The molecule has 1 aromatic heterocycles. The normalized spacial score (nSPS) is 12.1. The van der Waals surface area contributed by atoms with E-state index in [1.54, 1.807) is 11.8 Å². The topological polar surface area (TPSA) is 76.9 Å². The van der Waals surface area contributed by atoms with Crippen molar-refractivity contribution in [3.05, 3.63) is 34.3 Å². The molecule has 0 aliphatic rings. The Kier molecular flexibility index (Phi) is 4.42. The highest BCUT2D eigenvalue weighted by Crippen LogP contribution is 2.29. The zero-order valence-electron chi connectivity index (χ0n) is 11.3. The molecule has 1 heterocycles. The van der Waals surface area contributed by atoms with Crippen LogP contribution in [0.4, 0.5) is 5.82 Å². The molecule has 0 bridgehead atoms. The van der Waals surface area contributed by atoms with E-state index < -0.39 is 0 Å². The second kappa shape index (κ2) is 6.07. The van der Waals surface area contributed by atoms with Gasteiger partial charge in [-0.25, -0.2) is 4.68 Å². The van der Waals surface area contributed by atoms with Crippen molar-refractivity contribution in [3.8, 4) is 17.3 Å². The van der Waals surface area contributed by atoms with E-state index in [1.807, 2.05) is 31.2 Å². The lowest BCUT2D eigenvalue weighted by atomic mass is 10.1. The number of nitrogen functional groups attached to an aromatic ring is 1. The van der Waals surface area contributed by atoms with Gasteiger partial charge in [-0.2, -0.15) is 10.4 Å². The summed E-state index contributed by atoms with van der Waals surface area (Å²) in [6.07, 6.45) is 0. The summed E-state index contributed by atoms with van der Waals surface area (Å²) in [6, 6.07) is 9.72. The molecule has 6 heteroatoms. The van der Waals surface area contributed by atoms with Crippen LogP contribution in [0.25, 0.3) is 11.3 Å². The zero-order chi connectivity index (χ0) is 14.7. The third-order valence-electron chi connectivity index (χ3n) is 3.00. The van der Waals surface area contributed by atoms with Crippen molar-refractivity contribution in [2.45, 2.75) is 13.0 Å². The maximum Gasteiger partial charge on any atom is 0.140 e. The van der Waals surface area contributed by atoms with Gasteiger partial charge in [0.1, 0.15) is 23.1 Å². The number of benzene rings is 1. The zero-order valence-corrected chi connectivity index (χ0v) is 12.9. The van der Waals surface area contributed by atoms with Gasteiger partial charge in [-0.05, 0) is 19.1 Å². The number of nitrogens with zero attached hydrogens (tertiary/aromatic N) is 3. The monoisotopic (exact) mass is 334 g/mol. The van der Waals surface area contributed by atoms with E-state index in [0.29, 0.717) is 23.7 Å². The Morgan fingerprint density at radius 3 is 2.65 bits per heavy atom. The maximum absolute atomic E-state index is 9.32. The van der Waals surface area contributed by atoms with Crippen LogP contribution < -0.4 is 5.73 Å². The van der Waals surface area contributed by atoms with Gasteiger partial charge in [0.15, 0.2) is 0 Å². The molecule has 0 spiro atoms. The van der Waals surface area contributed by atoms with Gasteiger partial charge < -0.3 is 10.5 Å². The standard InChI is InChI=1S/C14H15BrN4O/c1-9(8-20-2)19-14(17)12(7-16)13(18-19)10-3-5-11(15)6-4-10/h3-6,9H,8,17H2,1-2H3. The van der Waals surface area contributed by atoms with Crippen LogP contribution in [0, 0.1) is 11.3 Å². The summed E-state index contributed by atoms with van der Waals surface area (Å²) in [5.74, 6) is 0.370. The number of methoxy groups -OCH3 is 1. The van der Waals surface area contributed by atoms with Gasteiger partial charge in [-0.15, -0.1) is 0 Å². The molecule has 0 saturated carbocycles. The van der Waals surface area contributed by atoms with Crippen LogP contribution in [-0.4, -0.2) is 23.5 Å². The Morgan fingerprint density at radius 2 is 2.10 bits per heavy atom. The number of halogens is 1. The Labute approximate surface area is 126 Å². The lowest BCUT2D eigenvalue weighted by molar-refractivity contribution is 0.158. The quantitative estimate of drug-likeness (QED) is 0.932. The van der Waals surface area contributed by atoms with Crippen LogP contribution in [0.15, 0.2) is 28.7 Å². The molecule has 0 amide bonds. The fourth-order valence-electron chi connectivity index (χ4n) is 2.02. The first-order chi connectivity index (χ1) is 9.58. The fourth-order valence-corrected chi connectivity index (χ4v) is 2.28. The second-order valence-corrected chi connectivity index (χ2v) is 5.39. The van der Waals surface area contributed by atoms with Crippen molar-refractivity contribution in [2.75, 3.05) is 19.5 Å². The van der Waals surface area contributed by atoms with Gasteiger partial charge in [0, 0.05) is 17.1 Å². The minimum atomic E-state index is -0.0312. The van der Waals surface area contributed by atoms with E-state index in [2.05, 4.69) is 27.1 Å². The highest BCUT2D eigenvalue weighted by molar-refractivity contribution is 9.10. The minimum Gasteiger partial charge on any atom is -0.383 e. The molecule has 0 saturated heterocycles. The van der Waals surface area contributed by atoms with E-state index in [4.69, 9.17) is 10.5 Å². The number of nitrogens with two attached hydrogens (primary N) is 1. The molecule has 2 N–H and O–H groups in total. The lowest BCUT2D eigenvalue weighted by Gasteiger charge is -2.12. The summed E-state index contributed by atoms with van der Waals surface area (Å²) >= 11 is 3.39. The molecular weight excluding hydrogens is 320 g/mol. The molecule has 0 radical (unpaired) electrons. The number of aromatic nitrogens is 2. The van der Waals surface area contributed by atoms with Crippen LogP contribution in [0.1, 0.15) is 18.5 Å². The van der Waals surface area contributed by atoms with Crippen LogP contribution in [0.5, 0.6) is 0 Å². The van der Waals surface area contributed by atoms with Crippen molar-refractivity contribution < 1.29 is 4.74 Å². The molecular formula is C14H15BrN4O. The molecule has 0 fully saturated rings. The highest BCUT2D eigenvalue weighted by atomic mass is 79.9. The first kappa shape index (κ1) is 14.6. The summed E-state index contributed by atoms with van der Waals surface area (Å²) in [5.41, 5.74) is 7.88. The summed E-state index contributed by atoms with van der Waals surface area (Å²) in [7, 11) is 1.62. The van der Waals surface area contributed by atoms with Crippen molar-refractivity contribution in [1.29, 1.82) is 5.26 Å². The summed E-state index contributed by atoms with van der Waals surface area (Å²) in [4.78, 5) is 0. The van der Waals surface area contributed by atoms with Crippen LogP contribution in [-0.2, 0) is 4.74 Å². The van der Waals surface area contributed by atoms with Crippen LogP contribution in [0.3, 0.4) is 0 Å². The largest absolute Gasteiger partial charge is 0.383 e. The summed E-state index contributed by atoms with van der Waals surface area (Å²) in [6.45, 7) is 2.43. The Balaban J connectivity index is 2.51. The number of rotatable bonds is 4. The SMILES string of the molecule is COCC(C)n1nc(-c2ccc(Br)cc2)c(C#N)c1N. The van der Waals surface area contributed by atoms with E-state index >= 15 is 0 Å². The Morgan fingerprint density at radius 1 is 1.45 bits per heavy atom. The van der Waals surface area contributed by atoms with Crippen molar-refractivity contribution in [2.24, 2.45) is 0 Å². The van der Waals surface area contributed by atoms with Gasteiger partial charge in [0.05, 0.1) is 12.6 Å². The van der Waals surface area contributed by atoms with Crippen molar-refractivity contribution in [1.82, 2.24) is 9.78 Å². The summed E-state index contributed by atoms with van der Waals surface area (Å²) < 4.78 is 7.72. The molecule has 104 valence electrons. The first-order valence-corrected chi connectivity index (χ1v) is 6.90. The summed E-state index contributed by atoms with van der Waals surface area (Å²) in [5, 5.41) is 13.8. The Hall–Kier alpha value is -1.84. The average Bonchev–Trinajstić information content (AvgIpc) is 2.77. The van der Waals surface area contributed by atoms with E-state index in [-0.39, 0.29) is 6.04 Å². The lowest BCUT2D eigenvalue weighted by Crippen LogP contribution is -2.15. The smallest absolute Gasteiger partial charge is 0.140 e. The van der Waals surface area contributed by atoms with Gasteiger partial charge in [0.2, 0.25) is 0 Å². The van der Waals surface area contributed by atoms with Crippen molar-refractivity contribution >= 4 is 21.7 Å². The van der Waals surface area contributed by atoms with Crippen molar-refractivity contribution in [3.63, 3.8) is 0 Å². The fraction of sp³-hybridized carbons (Fsp3) is 0.286. The predicted octanol–water partition coefficient (Wildman–Crippen LogP) is 2.97. The molecule has 0 aliphatic carbocycles. The van der Waals surface area contributed by atoms with Gasteiger partial charge in [0.25, 0.3) is 0 Å². The van der Waals surface area contributed by atoms with Gasteiger partial charge in [-0.1, -0.05) is 28.1 Å². The first-order valence-electron chi connectivity index (χ1n) is 6.11. The number of nitriles is 1. The Bertz CT molecular complexity index is 642.